The quantitative estimate of drug-likeness (QED) is 0.497. The molecule has 0 aliphatic carbocycles. The molecule has 0 fully saturated rings. The van der Waals surface area contributed by atoms with Crippen LogP contribution in [0, 0.1) is 15.9 Å². The van der Waals surface area contributed by atoms with Crippen LogP contribution in [-0.2, 0) is 0 Å². The molecule has 0 amide bonds. The van der Waals surface area contributed by atoms with Crippen LogP contribution in [0.15, 0.2) is 47.4 Å². The summed E-state index contributed by atoms with van der Waals surface area (Å²) < 4.78 is 13.7. The first-order valence-corrected chi connectivity index (χ1v) is 7.58. The summed E-state index contributed by atoms with van der Waals surface area (Å²) in [5.41, 5.74) is 0.980. The number of halogens is 1. The molecule has 1 N–H and O–H groups in total. The van der Waals surface area contributed by atoms with Gasteiger partial charge in [-0.15, -0.1) is 11.8 Å². The van der Waals surface area contributed by atoms with Crippen LogP contribution in [0.4, 0.5) is 15.8 Å². The van der Waals surface area contributed by atoms with Gasteiger partial charge in [0.05, 0.1) is 10.6 Å². The molecule has 0 heterocycles. The predicted octanol–water partition coefficient (Wildman–Crippen LogP) is 4.63. The lowest BCUT2D eigenvalue weighted by Crippen LogP contribution is -2.08. The summed E-state index contributed by atoms with van der Waals surface area (Å²) in [4.78, 5) is 11.4. The van der Waals surface area contributed by atoms with Gasteiger partial charge in [0.15, 0.2) is 0 Å². The molecule has 110 valence electrons. The first-order valence-electron chi connectivity index (χ1n) is 6.35. The van der Waals surface area contributed by atoms with Gasteiger partial charge in [0, 0.05) is 23.1 Å². The number of hydrogen-bond donors (Lipinski definition) is 1. The number of non-ortho nitro benzene ring substituents is 1. The van der Waals surface area contributed by atoms with E-state index in [-0.39, 0.29) is 17.4 Å². The van der Waals surface area contributed by atoms with Crippen molar-refractivity contribution in [3.05, 3.63) is 64.0 Å². The molecule has 0 saturated carbocycles. The van der Waals surface area contributed by atoms with Gasteiger partial charge in [-0.3, -0.25) is 10.1 Å². The number of anilines is 1. The van der Waals surface area contributed by atoms with Crippen LogP contribution in [0.2, 0.25) is 0 Å². The Morgan fingerprint density at radius 3 is 2.48 bits per heavy atom. The monoisotopic (exact) mass is 306 g/mol. The van der Waals surface area contributed by atoms with Crippen molar-refractivity contribution >= 4 is 23.1 Å². The molecule has 2 rings (SSSR count). The lowest BCUT2D eigenvalue weighted by atomic mass is 10.1. The third-order valence-electron chi connectivity index (χ3n) is 3.15. The molecule has 0 aliphatic rings. The van der Waals surface area contributed by atoms with Crippen LogP contribution in [0.1, 0.15) is 18.5 Å². The Bertz CT molecular complexity index is 647. The Balaban J connectivity index is 2.19. The van der Waals surface area contributed by atoms with E-state index in [1.54, 1.807) is 11.8 Å². The van der Waals surface area contributed by atoms with Crippen LogP contribution < -0.4 is 5.32 Å². The molecule has 0 saturated heterocycles. The molecule has 2 aromatic rings. The van der Waals surface area contributed by atoms with Gasteiger partial charge in [-0.05, 0) is 36.9 Å². The summed E-state index contributed by atoms with van der Waals surface area (Å²) in [6, 6.07) is 11.2. The molecule has 21 heavy (non-hydrogen) atoms. The average molecular weight is 306 g/mol. The van der Waals surface area contributed by atoms with Crippen LogP contribution in [0.3, 0.4) is 0 Å². The van der Waals surface area contributed by atoms with Crippen molar-refractivity contribution in [2.45, 2.75) is 17.9 Å². The molecular weight excluding hydrogens is 291 g/mol. The highest BCUT2D eigenvalue weighted by atomic mass is 32.2. The normalized spacial score (nSPS) is 12.0. The summed E-state index contributed by atoms with van der Waals surface area (Å²) >= 11 is 1.65. The van der Waals surface area contributed by atoms with E-state index in [1.807, 2.05) is 37.4 Å². The molecule has 0 radical (unpaired) electrons. The number of nitrogens with zero attached hydrogens (tertiary/aromatic N) is 1. The predicted molar refractivity (Wildman–Crippen MR) is 83.3 cm³/mol. The number of rotatable bonds is 5. The minimum absolute atomic E-state index is 0.130. The van der Waals surface area contributed by atoms with Gasteiger partial charge >= 0.3 is 0 Å². The van der Waals surface area contributed by atoms with Crippen LogP contribution in [-0.4, -0.2) is 11.2 Å². The van der Waals surface area contributed by atoms with Crippen molar-refractivity contribution in [2.24, 2.45) is 0 Å². The number of nitro benzene ring substituents is 1. The third kappa shape index (κ3) is 3.72. The van der Waals surface area contributed by atoms with Crippen molar-refractivity contribution in [1.29, 1.82) is 0 Å². The molecule has 1 unspecified atom stereocenters. The lowest BCUT2D eigenvalue weighted by molar-refractivity contribution is -0.384. The number of thioether (sulfide) groups is 1. The largest absolute Gasteiger partial charge is 0.376 e. The Hall–Kier alpha value is -2.08. The molecule has 6 heteroatoms. The van der Waals surface area contributed by atoms with Gasteiger partial charge in [-0.25, -0.2) is 4.39 Å². The Morgan fingerprint density at radius 2 is 1.90 bits per heavy atom. The smallest absolute Gasteiger partial charge is 0.271 e. The molecule has 0 spiro atoms. The van der Waals surface area contributed by atoms with Crippen LogP contribution in [0.25, 0.3) is 0 Å². The van der Waals surface area contributed by atoms with Crippen molar-refractivity contribution in [1.82, 2.24) is 0 Å². The Kier molecular flexibility index (Phi) is 4.80. The Morgan fingerprint density at radius 1 is 1.24 bits per heavy atom. The standard InChI is InChI=1S/C15H15FN2O2S/c1-10(11-3-6-13(21-2)7-4-11)17-15-9-12(18(19)20)5-8-14(15)16/h3-10,17H,1-2H3. The summed E-state index contributed by atoms with van der Waals surface area (Å²) in [6.07, 6.45) is 2.00. The minimum Gasteiger partial charge on any atom is -0.376 e. The molecule has 0 aromatic heterocycles. The van der Waals surface area contributed by atoms with E-state index in [0.717, 1.165) is 22.6 Å². The highest BCUT2D eigenvalue weighted by Crippen LogP contribution is 2.26. The number of nitro groups is 1. The van der Waals surface area contributed by atoms with Gasteiger partial charge in [0.1, 0.15) is 5.82 Å². The minimum atomic E-state index is -0.539. The molecular formula is C15H15FN2O2S. The van der Waals surface area contributed by atoms with Crippen molar-refractivity contribution < 1.29 is 9.31 Å². The van der Waals surface area contributed by atoms with Crippen molar-refractivity contribution in [2.75, 3.05) is 11.6 Å². The van der Waals surface area contributed by atoms with E-state index in [9.17, 15) is 14.5 Å². The maximum absolute atomic E-state index is 13.7. The van der Waals surface area contributed by atoms with Gasteiger partial charge in [-0.2, -0.15) is 0 Å². The maximum atomic E-state index is 13.7. The zero-order valence-corrected chi connectivity index (χ0v) is 12.5. The van der Waals surface area contributed by atoms with Crippen LogP contribution >= 0.6 is 11.8 Å². The topological polar surface area (TPSA) is 55.2 Å². The van der Waals surface area contributed by atoms with E-state index in [1.165, 1.54) is 6.07 Å². The lowest BCUT2D eigenvalue weighted by Gasteiger charge is -2.16. The zero-order valence-electron chi connectivity index (χ0n) is 11.7. The van der Waals surface area contributed by atoms with E-state index >= 15 is 0 Å². The van der Waals surface area contributed by atoms with Gasteiger partial charge in [0.25, 0.3) is 5.69 Å². The molecule has 1 atom stereocenters. The van der Waals surface area contributed by atoms with E-state index in [2.05, 4.69) is 5.32 Å². The number of nitrogens with one attached hydrogen (secondary N) is 1. The molecule has 0 aliphatic heterocycles. The Labute approximate surface area is 126 Å². The number of hydrogen-bond acceptors (Lipinski definition) is 4. The highest BCUT2D eigenvalue weighted by molar-refractivity contribution is 7.98. The van der Waals surface area contributed by atoms with Gasteiger partial charge in [-0.1, -0.05) is 12.1 Å². The number of benzene rings is 2. The van der Waals surface area contributed by atoms with Crippen molar-refractivity contribution in [3.63, 3.8) is 0 Å². The average Bonchev–Trinajstić information content (AvgIpc) is 2.49. The first-order chi connectivity index (χ1) is 10.0. The SMILES string of the molecule is CSc1ccc(C(C)Nc2cc([N+](=O)[O-])ccc2F)cc1. The summed E-state index contributed by atoms with van der Waals surface area (Å²) in [7, 11) is 0. The fourth-order valence-electron chi connectivity index (χ4n) is 1.95. The van der Waals surface area contributed by atoms with Crippen molar-refractivity contribution in [3.8, 4) is 0 Å². The second kappa shape index (κ2) is 6.58. The second-order valence-corrected chi connectivity index (χ2v) is 5.44. The van der Waals surface area contributed by atoms with Crippen LogP contribution in [0.5, 0.6) is 0 Å². The fourth-order valence-corrected chi connectivity index (χ4v) is 2.35. The molecule has 0 bridgehead atoms. The maximum Gasteiger partial charge on any atom is 0.271 e. The fraction of sp³-hybridized carbons (Fsp3) is 0.200. The third-order valence-corrected chi connectivity index (χ3v) is 3.89. The summed E-state index contributed by atoms with van der Waals surface area (Å²) in [5.74, 6) is -0.506. The highest BCUT2D eigenvalue weighted by Gasteiger charge is 2.13. The van der Waals surface area contributed by atoms with E-state index in [0.29, 0.717) is 0 Å². The zero-order chi connectivity index (χ0) is 15.4. The summed E-state index contributed by atoms with van der Waals surface area (Å²) in [5, 5.41) is 13.7. The molecule has 4 nitrogen and oxygen atoms in total. The summed E-state index contributed by atoms with van der Waals surface area (Å²) in [6.45, 7) is 1.88. The van der Waals surface area contributed by atoms with Gasteiger partial charge < -0.3 is 5.32 Å². The van der Waals surface area contributed by atoms with E-state index < -0.39 is 10.7 Å². The van der Waals surface area contributed by atoms with Gasteiger partial charge in [0.2, 0.25) is 0 Å². The molecule has 2 aromatic carbocycles. The first kappa shape index (κ1) is 15.3. The van der Waals surface area contributed by atoms with E-state index in [4.69, 9.17) is 0 Å². The second-order valence-electron chi connectivity index (χ2n) is 4.56.